The topological polar surface area (TPSA) is 20.3 Å². The van der Waals surface area contributed by atoms with Gasteiger partial charge in [-0.1, -0.05) is 30.3 Å². The first-order valence-corrected chi connectivity index (χ1v) is 6.17. The Morgan fingerprint density at radius 1 is 1.06 bits per heavy atom. The van der Waals surface area contributed by atoms with E-state index in [0.29, 0.717) is 0 Å². The van der Waals surface area contributed by atoms with Gasteiger partial charge in [0.15, 0.2) is 0 Å². The van der Waals surface area contributed by atoms with Gasteiger partial charge in [0.05, 0.1) is 0 Å². The molecule has 0 amide bonds. The lowest BCUT2D eigenvalue weighted by molar-refractivity contribution is 0.112. The number of fused-ring (bicyclic) bond motifs is 1. The molecule has 2 nitrogen and oxygen atoms in total. The molecule has 2 aromatic rings. The molecule has 0 bridgehead atoms. The molecule has 1 aliphatic rings. The monoisotopic (exact) mass is 237 g/mol. The highest BCUT2D eigenvalue weighted by Crippen LogP contribution is 2.31. The van der Waals surface area contributed by atoms with E-state index in [1.807, 2.05) is 24.3 Å². The second-order valence-corrected chi connectivity index (χ2v) is 4.75. The Labute approximate surface area is 107 Å². The minimum absolute atomic E-state index is 0.722. The largest absolute Gasteiger partial charge is 0.374 e. The zero-order chi connectivity index (χ0) is 12.5. The first-order valence-electron chi connectivity index (χ1n) is 6.17. The quantitative estimate of drug-likeness (QED) is 0.748. The minimum atomic E-state index is 0.722. The van der Waals surface area contributed by atoms with E-state index in [1.165, 1.54) is 16.8 Å². The van der Waals surface area contributed by atoms with Gasteiger partial charge in [-0.15, -0.1) is 0 Å². The molecule has 0 aliphatic carbocycles. The summed E-state index contributed by atoms with van der Waals surface area (Å²) in [5.74, 6) is 0. The van der Waals surface area contributed by atoms with E-state index >= 15 is 0 Å². The standard InChI is InChI=1S/C16H15NO/c1-17-9-8-15-10-14(6-7-16(15)17)13-4-2-12(11-18)3-5-13/h2-7,10-11H,8-9H2,1H3. The predicted octanol–water partition coefficient (Wildman–Crippen LogP) is 3.16. The van der Waals surface area contributed by atoms with Gasteiger partial charge in [-0.25, -0.2) is 0 Å². The van der Waals surface area contributed by atoms with Crippen molar-refractivity contribution in [2.45, 2.75) is 6.42 Å². The maximum atomic E-state index is 10.6. The summed E-state index contributed by atoms with van der Waals surface area (Å²) in [6.45, 7) is 1.10. The van der Waals surface area contributed by atoms with Crippen LogP contribution in [0, 0.1) is 0 Å². The van der Waals surface area contributed by atoms with Crippen molar-refractivity contribution in [1.29, 1.82) is 0 Å². The molecule has 18 heavy (non-hydrogen) atoms. The molecule has 0 saturated heterocycles. The summed E-state index contributed by atoms with van der Waals surface area (Å²) in [5, 5.41) is 0. The molecule has 0 spiro atoms. The van der Waals surface area contributed by atoms with Crippen molar-refractivity contribution >= 4 is 12.0 Å². The molecule has 2 aromatic carbocycles. The summed E-state index contributed by atoms with van der Waals surface area (Å²) in [6, 6.07) is 14.3. The van der Waals surface area contributed by atoms with Crippen molar-refractivity contribution < 1.29 is 4.79 Å². The summed E-state index contributed by atoms with van der Waals surface area (Å²) in [7, 11) is 2.13. The van der Waals surface area contributed by atoms with Crippen LogP contribution < -0.4 is 4.90 Å². The fourth-order valence-electron chi connectivity index (χ4n) is 2.50. The third-order valence-corrected chi connectivity index (χ3v) is 3.59. The summed E-state index contributed by atoms with van der Waals surface area (Å²) < 4.78 is 0. The highest BCUT2D eigenvalue weighted by atomic mass is 16.1. The van der Waals surface area contributed by atoms with Crippen molar-refractivity contribution in [1.82, 2.24) is 0 Å². The van der Waals surface area contributed by atoms with E-state index in [1.54, 1.807) is 0 Å². The highest BCUT2D eigenvalue weighted by Gasteiger charge is 2.15. The number of hydrogen-bond donors (Lipinski definition) is 0. The number of anilines is 1. The van der Waals surface area contributed by atoms with Gasteiger partial charge in [-0.2, -0.15) is 0 Å². The second-order valence-electron chi connectivity index (χ2n) is 4.75. The summed E-state index contributed by atoms with van der Waals surface area (Å²) in [5.41, 5.74) is 5.86. The maximum absolute atomic E-state index is 10.6. The number of aldehydes is 1. The number of hydrogen-bond acceptors (Lipinski definition) is 2. The average Bonchev–Trinajstić information content (AvgIpc) is 2.80. The normalized spacial score (nSPS) is 13.5. The molecule has 0 atom stereocenters. The Morgan fingerprint density at radius 2 is 1.78 bits per heavy atom. The predicted molar refractivity (Wildman–Crippen MR) is 74.2 cm³/mol. The van der Waals surface area contributed by atoms with Crippen molar-refractivity contribution in [2.24, 2.45) is 0 Å². The van der Waals surface area contributed by atoms with Crippen LogP contribution in [-0.4, -0.2) is 19.9 Å². The van der Waals surface area contributed by atoms with E-state index < -0.39 is 0 Å². The molecule has 2 heteroatoms. The Balaban J connectivity index is 1.99. The van der Waals surface area contributed by atoms with Crippen LogP contribution in [0.25, 0.3) is 11.1 Å². The fourth-order valence-corrected chi connectivity index (χ4v) is 2.50. The van der Waals surface area contributed by atoms with Gasteiger partial charge >= 0.3 is 0 Å². The van der Waals surface area contributed by atoms with Crippen LogP contribution in [0.3, 0.4) is 0 Å². The Morgan fingerprint density at radius 3 is 2.50 bits per heavy atom. The van der Waals surface area contributed by atoms with E-state index in [2.05, 4.69) is 30.1 Å². The third-order valence-electron chi connectivity index (χ3n) is 3.59. The molecule has 0 N–H and O–H groups in total. The minimum Gasteiger partial charge on any atom is -0.374 e. The number of benzene rings is 2. The molecule has 3 rings (SSSR count). The van der Waals surface area contributed by atoms with Gasteiger partial charge in [-0.05, 0) is 35.2 Å². The number of carbonyl (C=O) groups is 1. The van der Waals surface area contributed by atoms with Gasteiger partial charge in [0.2, 0.25) is 0 Å². The van der Waals surface area contributed by atoms with Crippen LogP contribution in [0.4, 0.5) is 5.69 Å². The van der Waals surface area contributed by atoms with Gasteiger partial charge < -0.3 is 4.90 Å². The SMILES string of the molecule is CN1CCc2cc(-c3ccc(C=O)cc3)ccc21. The Hall–Kier alpha value is -2.09. The number of rotatable bonds is 2. The molecule has 0 fully saturated rings. The van der Waals surface area contributed by atoms with E-state index in [0.717, 1.165) is 30.4 Å². The Bertz CT molecular complexity index is 587. The molecule has 1 aliphatic heterocycles. The van der Waals surface area contributed by atoms with Crippen LogP contribution in [0.5, 0.6) is 0 Å². The van der Waals surface area contributed by atoms with Crippen molar-refractivity contribution in [3.8, 4) is 11.1 Å². The van der Waals surface area contributed by atoms with Crippen LogP contribution in [0.1, 0.15) is 15.9 Å². The molecular formula is C16H15NO. The molecule has 0 radical (unpaired) electrons. The first kappa shape index (κ1) is 11.0. The molecule has 90 valence electrons. The lowest BCUT2D eigenvalue weighted by Gasteiger charge is -2.12. The van der Waals surface area contributed by atoms with Crippen molar-refractivity contribution in [3.63, 3.8) is 0 Å². The van der Waals surface area contributed by atoms with Crippen molar-refractivity contribution in [2.75, 3.05) is 18.5 Å². The molecule has 0 unspecified atom stereocenters. The van der Waals surface area contributed by atoms with Crippen LogP contribution in [-0.2, 0) is 6.42 Å². The van der Waals surface area contributed by atoms with E-state index in [4.69, 9.17) is 0 Å². The van der Waals surface area contributed by atoms with Crippen LogP contribution >= 0.6 is 0 Å². The Kier molecular flexibility index (Phi) is 2.63. The van der Waals surface area contributed by atoms with Crippen molar-refractivity contribution in [3.05, 3.63) is 53.6 Å². The second kappa shape index (κ2) is 4.30. The zero-order valence-electron chi connectivity index (χ0n) is 10.4. The maximum Gasteiger partial charge on any atom is 0.150 e. The average molecular weight is 237 g/mol. The van der Waals surface area contributed by atoms with Gasteiger partial charge in [0.1, 0.15) is 6.29 Å². The molecule has 0 saturated carbocycles. The van der Waals surface area contributed by atoms with Crippen LogP contribution in [0.2, 0.25) is 0 Å². The van der Waals surface area contributed by atoms with E-state index in [9.17, 15) is 4.79 Å². The summed E-state index contributed by atoms with van der Waals surface area (Å²) in [6.07, 6.45) is 1.99. The fraction of sp³-hybridized carbons (Fsp3) is 0.188. The summed E-state index contributed by atoms with van der Waals surface area (Å²) in [4.78, 5) is 12.9. The molecular weight excluding hydrogens is 222 g/mol. The number of likely N-dealkylation sites (N-methyl/N-ethyl adjacent to an activating group) is 1. The van der Waals surface area contributed by atoms with Gasteiger partial charge in [0.25, 0.3) is 0 Å². The molecule has 0 aromatic heterocycles. The van der Waals surface area contributed by atoms with Crippen LogP contribution in [0.15, 0.2) is 42.5 Å². The van der Waals surface area contributed by atoms with Gasteiger partial charge in [-0.3, -0.25) is 4.79 Å². The lowest BCUT2D eigenvalue weighted by Crippen LogP contribution is -2.12. The lowest BCUT2D eigenvalue weighted by atomic mass is 10.0. The highest BCUT2D eigenvalue weighted by molar-refractivity contribution is 5.77. The summed E-state index contributed by atoms with van der Waals surface area (Å²) >= 11 is 0. The number of carbonyl (C=O) groups excluding carboxylic acids is 1. The molecule has 1 heterocycles. The zero-order valence-corrected chi connectivity index (χ0v) is 10.4. The van der Waals surface area contributed by atoms with Gasteiger partial charge in [0, 0.05) is 24.8 Å². The third kappa shape index (κ3) is 1.80. The number of nitrogens with zero attached hydrogens (tertiary/aromatic N) is 1. The van der Waals surface area contributed by atoms with E-state index in [-0.39, 0.29) is 0 Å². The first-order chi connectivity index (χ1) is 8.78. The smallest absolute Gasteiger partial charge is 0.150 e.